The molecule has 7 heteroatoms. The third-order valence-electron chi connectivity index (χ3n) is 3.34. The minimum absolute atomic E-state index is 0.253. The molecule has 1 aromatic heterocycles. The van der Waals surface area contributed by atoms with Crippen LogP contribution in [0, 0.1) is 5.41 Å². The first-order valence-corrected chi connectivity index (χ1v) is 7.06. The van der Waals surface area contributed by atoms with Crippen molar-refractivity contribution >= 4 is 23.6 Å². The van der Waals surface area contributed by atoms with Crippen LogP contribution in [0.4, 0.5) is 10.2 Å². The summed E-state index contributed by atoms with van der Waals surface area (Å²) >= 11 is 0. The summed E-state index contributed by atoms with van der Waals surface area (Å²) in [7, 11) is 0. The monoisotopic (exact) mass is 292 g/mol. The topological polar surface area (TPSA) is 94.2 Å². The fourth-order valence-electron chi connectivity index (χ4n) is 2.24. The first kappa shape index (κ1) is 15.2. The zero-order valence-electron chi connectivity index (χ0n) is 12.1. The molecule has 1 fully saturated rings. The highest BCUT2D eigenvalue weighted by atomic mass is 19.1. The fourth-order valence-corrected chi connectivity index (χ4v) is 2.24. The summed E-state index contributed by atoms with van der Waals surface area (Å²) in [5.74, 6) is 1.21. The Bertz CT molecular complexity index is 539. The van der Waals surface area contributed by atoms with Gasteiger partial charge in [-0.1, -0.05) is 6.08 Å². The van der Waals surface area contributed by atoms with Crippen LogP contribution in [0.15, 0.2) is 17.1 Å². The van der Waals surface area contributed by atoms with Gasteiger partial charge in [0, 0.05) is 19.2 Å². The average Bonchev–Trinajstić information content (AvgIpc) is 2.87. The predicted molar refractivity (Wildman–Crippen MR) is 82.6 cm³/mol. The number of hydrogen-bond donors (Lipinski definition) is 3. The summed E-state index contributed by atoms with van der Waals surface area (Å²) in [5, 5.41) is 14.9. The number of amidine groups is 2. The van der Waals surface area contributed by atoms with Crippen LogP contribution in [0.5, 0.6) is 0 Å². The summed E-state index contributed by atoms with van der Waals surface area (Å²) in [4.78, 5) is 6.04. The lowest BCUT2D eigenvalue weighted by molar-refractivity contribution is 0.202. The molecule has 1 aliphatic heterocycles. The second kappa shape index (κ2) is 7.01. The number of H-pyrrole nitrogens is 1. The van der Waals surface area contributed by atoms with Gasteiger partial charge in [-0.3, -0.25) is 10.5 Å². The Morgan fingerprint density at radius 3 is 3.00 bits per heavy atom. The van der Waals surface area contributed by atoms with E-state index in [0.29, 0.717) is 43.4 Å². The third kappa shape index (κ3) is 4.40. The van der Waals surface area contributed by atoms with Gasteiger partial charge in [-0.2, -0.15) is 5.10 Å². The lowest BCUT2D eigenvalue weighted by atomic mass is 10.1. The number of nitrogens with two attached hydrogens (primary N) is 1. The van der Waals surface area contributed by atoms with Crippen molar-refractivity contribution in [3.05, 3.63) is 17.8 Å². The lowest BCUT2D eigenvalue weighted by Gasteiger charge is -2.30. The number of allylic oxidation sites excluding steroid dienone is 1. The van der Waals surface area contributed by atoms with Crippen molar-refractivity contribution in [2.45, 2.75) is 32.4 Å². The van der Waals surface area contributed by atoms with Gasteiger partial charge in [0.15, 0.2) is 5.82 Å². The number of piperidine rings is 1. The van der Waals surface area contributed by atoms with Crippen LogP contribution in [-0.2, 0) is 0 Å². The van der Waals surface area contributed by atoms with Crippen molar-refractivity contribution in [1.29, 1.82) is 5.41 Å². The minimum atomic E-state index is -0.742. The van der Waals surface area contributed by atoms with E-state index in [4.69, 9.17) is 11.1 Å². The van der Waals surface area contributed by atoms with Crippen molar-refractivity contribution in [3.8, 4) is 0 Å². The van der Waals surface area contributed by atoms with Crippen molar-refractivity contribution in [2.24, 2.45) is 10.7 Å². The van der Waals surface area contributed by atoms with Crippen molar-refractivity contribution in [1.82, 2.24) is 15.1 Å². The lowest BCUT2D eigenvalue weighted by Crippen LogP contribution is -2.40. The van der Waals surface area contributed by atoms with Crippen molar-refractivity contribution in [2.75, 3.05) is 13.1 Å². The minimum Gasteiger partial charge on any atom is -0.387 e. The number of aromatic amines is 1. The van der Waals surface area contributed by atoms with Gasteiger partial charge in [-0.15, -0.1) is 0 Å². The van der Waals surface area contributed by atoms with Crippen LogP contribution < -0.4 is 5.73 Å². The zero-order chi connectivity index (χ0) is 15.2. The fraction of sp³-hybridized carbons (Fsp3) is 0.500. The molecule has 4 N–H and O–H groups in total. The van der Waals surface area contributed by atoms with Crippen LogP contribution in [0.3, 0.4) is 0 Å². The first-order valence-electron chi connectivity index (χ1n) is 7.06. The SMILES string of the molecule is C/C=C/c1cc(N=C(N)CC(=N)N2CCC(F)CC2)n[nH]1. The molecule has 0 unspecified atom stereocenters. The summed E-state index contributed by atoms with van der Waals surface area (Å²) in [5.41, 5.74) is 6.71. The van der Waals surface area contributed by atoms with Gasteiger partial charge < -0.3 is 10.6 Å². The van der Waals surface area contributed by atoms with Gasteiger partial charge in [0.25, 0.3) is 0 Å². The number of aromatic nitrogens is 2. The molecule has 0 aromatic carbocycles. The van der Waals surface area contributed by atoms with E-state index in [2.05, 4.69) is 15.2 Å². The van der Waals surface area contributed by atoms with E-state index in [0.717, 1.165) is 5.69 Å². The number of rotatable bonds is 4. The number of aliphatic imine (C=N–C) groups is 1. The van der Waals surface area contributed by atoms with Gasteiger partial charge >= 0.3 is 0 Å². The maximum Gasteiger partial charge on any atom is 0.175 e. The summed E-state index contributed by atoms with van der Waals surface area (Å²) in [6, 6.07) is 1.78. The highest BCUT2D eigenvalue weighted by molar-refractivity contribution is 6.01. The van der Waals surface area contributed by atoms with E-state index in [-0.39, 0.29) is 6.42 Å². The normalized spacial score (nSPS) is 17.6. The molecule has 0 saturated carbocycles. The molecule has 2 heterocycles. The van der Waals surface area contributed by atoms with E-state index >= 15 is 0 Å². The molecule has 0 amide bonds. The third-order valence-corrected chi connectivity index (χ3v) is 3.34. The maximum atomic E-state index is 13.1. The van der Waals surface area contributed by atoms with E-state index < -0.39 is 6.17 Å². The Morgan fingerprint density at radius 1 is 1.62 bits per heavy atom. The number of halogens is 1. The van der Waals surface area contributed by atoms with Gasteiger partial charge in [-0.05, 0) is 25.8 Å². The van der Waals surface area contributed by atoms with Crippen molar-refractivity contribution < 1.29 is 4.39 Å². The molecule has 0 aliphatic carbocycles. The van der Waals surface area contributed by atoms with Crippen LogP contribution in [-0.4, -0.2) is 46.0 Å². The van der Waals surface area contributed by atoms with Crippen LogP contribution in [0.2, 0.25) is 0 Å². The zero-order valence-corrected chi connectivity index (χ0v) is 12.1. The molecule has 1 aromatic rings. The number of hydrogen-bond acceptors (Lipinski definition) is 3. The number of likely N-dealkylation sites (tertiary alicyclic amines) is 1. The molecule has 6 nitrogen and oxygen atoms in total. The molecule has 114 valence electrons. The molecule has 0 radical (unpaired) electrons. The number of nitrogens with one attached hydrogen (secondary N) is 2. The number of alkyl halides is 1. The molecular formula is C14H21FN6. The van der Waals surface area contributed by atoms with E-state index in [1.807, 2.05) is 24.0 Å². The quantitative estimate of drug-likeness (QED) is 0.586. The molecule has 1 saturated heterocycles. The maximum absolute atomic E-state index is 13.1. The summed E-state index contributed by atoms with van der Waals surface area (Å²) in [6.45, 7) is 3.06. The van der Waals surface area contributed by atoms with Crippen LogP contribution in [0.25, 0.3) is 6.08 Å². The first-order chi connectivity index (χ1) is 10.1. The highest BCUT2D eigenvalue weighted by Gasteiger charge is 2.20. The second-order valence-electron chi connectivity index (χ2n) is 5.07. The molecule has 0 bridgehead atoms. The van der Waals surface area contributed by atoms with Crippen LogP contribution >= 0.6 is 0 Å². The molecule has 0 atom stereocenters. The predicted octanol–water partition coefficient (Wildman–Crippen LogP) is 2.23. The van der Waals surface area contributed by atoms with Gasteiger partial charge in [0.05, 0.1) is 12.1 Å². The van der Waals surface area contributed by atoms with E-state index in [1.165, 1.54) is 0 Å². The second-order valence-corrected chi connectivity index (χ2v) is 5.07. The van der Waals surface area contributed by atoms with E-state index in [9.17, 15) is 4.39 Å². The average molecular weight is 292 g/mol. The smallest absolute Gasteiger partial charge is 0.175 e. The Balaban J connectivity index is 1.91. The molecular weight excluding hydrogens is 271 g/mol. The van der Waals surface area contributed by atoms with Crippen LogP contribution in [0.1, 0.15) is 31.9 Å². The largest absolute Gasteiger partial charge is 0.387 e. The Labute approximate surface area is 123 Å². The summed E-state index contributed by atoms with van der Waals surface area (Å²) in [6.07, 6.45) is 4.24. The van der Waals surface area contributed by atoms with Gasteiger partial charge in [0.1, 0.15) is 17.8 Å². The Hall–Kier alpha value is -2.18. The molecule has 0 spiro atoms. The van der Waals surface area contributed by atoms with Gasteiger partial charge in [-0.25, -0.2) is 9.38 Å². The Kier molecular flexibility index (Phi) is 5.08. The number of nitrogens with zero attached hydrogens (tertiary/aromatic N) is 3. The van der Waals surface area contributed by atoms with Crippen molar-refractivity contribution in [3.63, 3.8) is 0 Å². The van der Waals surface area contributed by atoms with E-state index in [1.54, 1.807) is 6.07 Å². The van der Waals surface area contributed by atoms with Gasteiger partial charge in [0.2, 0.25) is 0 Å². The Morgan fingerprint density at radius 2 is 2.33 bits per heavy atom. The molecule has 21 heavy (non-hydrogen) atoms. The highest BCUT2D eigenvalue weighted by Crippen LogP contribution is 2.15. The molecule has 2 rings (SSSR count). The summed E-state index contributed by atoms with van der Waals surface area (Å²) < 4.78 is 13.1. The standard InChI is InChI=1S/C14H21FN6/c1-2-3-11-8-14(20-19-11)18-12(16)9-13(17)21-6-4-10(15)5-7-21/h2-3,8,10,17H,4-7,9H2,1H3,(H3,16,18,19,20)/b3-2+,17-13?. The molecule has 1 aliphatic rings.